The van der Waals surface area contributed by atoms with E-state index in [-0.39, 0.29) is 18.1 Å². The molecule has 1 aromatic carbocycles. The van der Waals surface area contributed by atoms with Crippen LogP contribution in [0.1, 0.15) is 46.6 Å². The Bertz CT molecular complexity index is 770. The van der Waals surface area contributed by atoms with Gasteiger partial charge in [-0.05, 0) is 37.0 Å². The zero-order valence-corrected chi connectivity index (χ0v) is 13.7. The lowest BCUT2D eigenvalue weighted by molar-refractivity contribution is -0.137. The zero-order valence-electron chi connectivity index (χ0n) is 13.7. The Labute approximate surface area is 144 Å². The first-order chi connectivity index (χ1) is 12.0. The molecule has 1 heterocycles. The highest BCUT2D eigenvalue weighted by atomic mass is 19.1. The van der Waals surface area contributed by atoms with Crippen LogP contribution >= 0.6 is 0 Å². The van der Waals surface area contributed by atoms with E-state index in [9.17, 15) is 14.0 Å². The van der Waals surface area contributed by atoms with Gasteiger partial charge in [0.25, 0.3) is 5.91 Å². The van der Waals surface area contributed by atoms with E-state index in [1.54, 1.807) is 0 Å². The Balaban J connectivity index is 1.85. The lowest BCUT2D eigenvalue weighted by Gasteiger charge is -2.20. The van der Waals surface area contributed by atoms with Gasteiger partial charge in [-0.3, -0.25) is 9.59 Å². The van der Waals surface area contributed by atoms with Gasteiger partial charge in [-0.2, -0.15) is 0 Å². The van der Waals surface area contributed by atoms with Crippen molar-refractivity contribution in [2.75, 3.05) is 6.54 Å². The second-order valence-corrected chi connectivity index (χ2v) is 6.17. The highest BCUT2D eigenvalue weighted by Crippen LogP contribution is 2.25. The van der Waals surface area contributed by atoms with Gasteiger partial charge in [-0.25, -0.2) is 4.39 Å². The van der Waals surface area contributed by atoms with Crippen molar-refractivity contribution in [3.63, 3.8) is 0 Å². The number of hydrogen-bond acceptors (Lipinski definition) is 4. The van der Waals surface area contributed by atoms with Crippen LogP contribution in [0.25, 0.3) is 0 Å². The van der Waals surface area contributed by atoms with Crippen LogP contribution in [0.15, 0.2) is 28.8 Å². The highest BCUT2D eigenvalue weighted by molar-refractivity contribution is 5.95. The van der Waals surface area contributed by atoms with Crippen molar-refractivity contribution in [1.29, 1.82) is 0 Å². The summed E-state index contributed by atoms with van der Waals surface area (Å²) in [6.45, 7) is -0.398. The fourth-order valence-electron chi connectivity index (χ4n) is 3.05. The van der Waals surface area contributed by atoms with Crippen LogP contribution in [-0.2, 0) is 24.2 Å². The van der Waals surface area contributed by atoms with Crippen LogP contribution in [0.3, 0.4) is 0 Å². The predicted molar refractivity (Wildman–Crippen MR) is 86.5 cm³/mol. The second kappa shape index (κ2) is 7.46. The minimum atomic E-state index is -1.12. The SMILES string of the molecule is O=C(O)CN(Cc1ccc(F)cc1)C(=O)c1noc2c1CCCCC2. The van der Waals surface area contributed by atoms with Crippen molar-refractivity contribution >= 4 is 11.9 Å². The maximum Gasteiger partial charge on any atom is 0.323 e. The number of carboxylic acids is 1. The van der Waals surface area contributed by atoms with Crippen molar-refractivity contribution < 1.29 is 23.6 Å². The molecule has 0 radical (unpaired) electrons. The number of carboxylic acid groups (broad SMARTS) is 1. The number of carbonyl (C=O) groups excluding carboxylic acids is 1. The number of rotatable bonds is 5. The topological polar surface area (TPSA) is 83.6 Å². The van der Waals surface area contributed by atoms with E-state index in [1.165, 1.54) is 29.2 Å². The first-order valence-corrected chi connectivity index (χ1v) is 8.27. The molecule has 132 valence electrons. The molecule has 1 amide bonds. The highest BCUT2D eigenvalue weighted by Gasteiger charge is 2.28. The smallest absolute Gasteiger partial charge is 0.323 e. The van der Waals surface area contributed by atoms with Gasteiger partial charge >= 0.3 is 5.97 Å². The van der Waals surface area contributed by atoms with E-state index in [1.807, 2.05) is 0 Å². The molecule has 0 fully saturated rings. The van der Waals surface area contributed by atoms with Crippen molar-refractivity contribution in [3.8, 4) is 0 Å². The maximum absolute atomic E-state index is 13.0. The third kappa shape index (κ3) is 4.04. The molecular formula is C18H19FN2O4. The van der Waals surface area contributed by atoms with Gasteiger partial charge in [0.2, 0.25) is 0 Å². The van der Waals surface area contributed by atoms with E-state index in [0.717, 1.165) is 37.0 Å². The predicted octanol–water partition coefficient (Wildman–Crippen LogP) is 2.81. The van der Waals surface area contributed by atoms with Crippen molar-refractivity contribution in [3.05, 3.63) is 52.7 Å². The van der Waals surface area contributed by atoms with Crippen LogP contribution in [-0.4, -0.2) is 33.6 Å². The number of fused-ring (bicyclic) bond motifs is 1. The van der Waals surface area contributed by atoms with Gasteiger partial charge < -0.3 is 14.5 Å². The molecule has 0 saturated heterocycles. The minimum Gasteiger partial charge on any atom is -0.480 e. The third-order valence-electron chi connectivity index (χ3n) is 4.30. The molecular weight excluding hydrogens is 327 g/mol. The fourth-order valence-corrected chi connectivity index (χ4v) is 3.05. The fraction of sp³-hybridized carbons (Fsp3) is 0.389. The third-order valence-corrected chi connectivity index (χ3v) is 4.30. The molecule has 0 aliphatic heterocycles. The van der Waals surface area contributed by atoms with Crippen LogP contribution in [0.5, 0.6) is 0 Å². The monoisotopic (exact) mass is 346 g/mol. The van der Waals surface area contributed by atoms with Gasteiger partial charge in [0.15, 0.2) is 5.69 Å². The quantitative estimate of drug-likeness (QED) is 0.842. The van der Waals surface area contributed by atoms with E-state index < -0.39 is 18.4 Å². The molecule has 1 aliphatic rings. The molecule has 1 aromatic heterocycles. The summed E-state index contributed by atoms with van der Waals surface area (Å²) in [5.41, 5.74) is 1.63. The Morgan fingerprint density at radius 2 is 1.88 bits per heavy atom. The number of aromatic nitrogens is 1. The Morgan fingerprint density at radius 1 is 1.16 bits per heavy atom. The van der Waals surface area contributed by atoms with E-state index in [2.05, 4.69) is 5.16 Å². The number of aryl methyl sites for hydroxylation is 1. The summed E-state index contributed by atoms with van der Waals surface area (Å²) in [6, 6.07) is 5.61. The summed E-state index contributed by atoms with van der Waals surface area (Å²) in [5, 5.41) is 13.0. The summed E-state index contributed by atoms with van der Waals surface area (Å²) < 4.78 is 18.4. The summed E-state index contributed by atoms with van der Waals surface area (Å²) >= 11 is 0. The van der Waals surface area contributed by atoms with E-state index in [4.69, 9.17) is 9.63 Å². The van der Waals surface area contributed by atoms with Crippen LogP contribution in [0, 0.1) is 5.82 Å². The van der Waals surface area contributed by atoms with Gasteiger partial charge in [0.1, 0.15) is 18.1 Å². The molecule has 1 aliphatic carbocycles. The largest absolute Gasteiger partial charge is 0.480 e. The van der Waals surface area contributed by atoms with Crippen molar-refractivity contribution in [2.45, 2.75) is 38.6 Å². The average molecular weight is 346 g/mol. The van der Waals surface area contributed by atoms with Crippen LogP contribution < -0.4 is 0 Å². The molecule has 0 bridgehead atoms. The van der Waals surface area contributed by atoms with Crippen LogP contribution in [0.4, 0.5) is 4.39 Å². The van der Waals surface area contributed by atoms with Crippen molar-refractivity contribution in [1.82, 2.24) is 10.1 Å². The van der Waals surface area contributed by atoms with Gasteiger partial charge in [0, 0.05) is 18.5 Å². The van der Waals surface area contributed by atoms with E-state index in [0.29, 0.717) is 12.0 Å². The average Bonchev–Trinajstić information content (AvgIpc) is 2.83. The molecule has 3 rings (SSSR count). The normalized spacial score (nSPS) is 13.8. The van der Waals surface area contributed by atoms with Crippen LogP contribution in [0.2, 0.25) is 0 Å². The summed E-state index contributed by atoms with van der Waals surface area (Å²) in [4.78, 5) is 25.2. The second-order valence-electron chi connectivity index (χ2n) is 6.17. The summed E-state index contributed by atoms with van der Waals surface area (Å²) in [5.74, 6) is -1.26. The Morgan fingerprint density at radius 3 is 2.60 bits per heavy atom. The number of amides is 1. The first-order valence-electron chi connectivity index (χ1n) is 8.27. The Kier molecular flexibility index (Phi) is 5.11. The number of aliphatic carboxylic acids is 1. The summed E-state index contributed by atoms with van der Waals surface area (Å²) in [6.07, 6.45) is 4.45. The number of carbonyl (C=O) groups is 2. The van der Waals surface area contributed by atoms with Gasteiger partial charge in [-0.15, -0.1) is 0 Å². The standard InChI is InChI=1S/C18H19FN2O4/c19-13-8-6-12(7-9-13)10-21(11-16(22)23)18(24)17-14-4-2-1-3-5-15(14)25-20-17/h6-9H,1-5,10-11H2,(H,22,23). The molecule has 1 N–H and O–H groups in total. The number of halogens is 1. The van der Waals surface area contributed by atoms with Gasteiger partial charge in [0.05, 0.1) is 0 Å². The lowest BCUT2D eigenvalue weighted by Crippen LogP contribution is -2.35. The molecule has 2 aromatic rings. The summed E-state index contributed by atoms with van der Waals surface area (Å²) in [7, 11) is 0. The molecule has 0 saturated carbocycles. The molecule has 7 heteroatoms. The van der Waals surface area contributed by atoms with Crippen molar-refractivity contribution in [2.24, 2.45) is 0 Å². The van der Waals surface area contributed by atoms with E-state index >= 15 is 0 Å². The molecule has 0 spiro atoms. The number of hydrogen-bond donors (Lipinski definition) is 1. The number of benzene rings is 1. The molecule has 0 unspecified atom stereocenters. The minimum absolute atomic E-state index is 0.0625. The molecule has 0 atom stereocenters. The molecule has 25 heavy (non-hydrogen) atoms. The Hall–Kier alpha value is -2.70. The maximum atomic E-state index is 13.0. The molecule has 6 nitrogen and oxygen atoms in total. The first kappa shape index (κ1) is 17.1. The number of nitrogens with zero attached hydrogens (tertiary/aromatic N) is 2. The zero-order chi connectivity index (χ0) is 17.8. The lowest BCUT2D eigenvalue weighted by atomic mass is 10.1. The van der Waals surface area contributed by atoms with Gasteiger partial charge in [-0.1, -0.05) is 23.7 Å².